The Bertz CT molecular complexity index is 623. The van der Waals surface area contributed by atoms with E-state index in [2.05, 4.69) is 39.4 Å². The predicted molar refractivity (Wildman–Crippen MR) is 87.3 cm³/mol. The molecule has 6 heteroatoms. The number of para-hydroxylation sites is 1. The predicted octanol–water partition coefficient (Wildman–Crippen LogP) is 2.29. The van der Waals surface area contributed by atoms with Crippen LogP contribution in [0.25, 0.3) is 10.9 Å². The number of H-pyrrole nitrogens is 1. The highest BCUT2D eigenvalue weighted by atomic mass is 32.1. The highest BCUT2D eigenvalue weighted by molar-refractivity contribution is 7.80. The second-order valence-electron chi connectivity index (χ2n) is 4.90. The summed E-state index contributed by atoms with van der Waals surface area (Å²) in [5, 5.41) is 4.73. The van der Waals surface area contributed by atoms with Crippen molar-refractivity contribution in [1.82, 2.24) is 21.2 Å². The second kappa shape index (κ2) is 6.60. The lowest BCUT2D eigenvalue weighted by molar-refractivity contribution is 0.262. The molecule has 1 fully saturated rings. The number of ether oxygens (including phenoxy) is 1. The van der Waals surface area contributed by atoms with E-state index in [0.29, 0.717) is 11.7 Å². The molecule has 110 valence electrons. The lowest BCUT2D eigenvalue weighted by atomic mass is 10.2. The third-order valence-corrected chi connectivity index (χ3v) is 3.51. The first-order valence-corrected chi connectivity index (χ1v) is 7.40. The highest BCUT2D eigenvalue weighted by Gasteiger charge is 2.06. The molecule has 5 nitrogen and oxygen atoms in total. The summed E-state index contributed by atoms with van der Waals surface area (Å²) in [4.78, 5) is 3.35. The molecule has 3 rings (SSSR count). The van der Waals surface area contributed by atoms with Gasteiger partial charge in [-0.3, -0.25) is 5.43 Å². The third kappa shape index (κ3) is 3.74. The zero-order chi connectivity index (χ0) is 14.5. The number of fused-ring (bicyclic) bond motifs is 1. The number of thiocarbonyl (C=S) groups is 1. The van der Waals surface area contributed by atoms with Gasteiger partial charge >= 0.3 is 0 Å². The van der Waals surface area contributed by atoms with Crippen molar-refractivity contribution in [2.24, 2.45) is 0 Å². The fourth-order valence-corrected chi connectivity index (χ4v) is 2.40. The topological polar surface area (TPSA) is 61.1 Å². The Labute approximate surface area is 128 Å². The van der Waals surface area contributed by atoms with Crippen LogP contribution in [0.3, 0.4) is 0 Å². The normalized spacial score (nSPS) is 16.1. The fraction of sp³-hybridized carbons (Fsp3) is 0.267. The lowest BCUT2D eigenvalue weighted by Gasteiger charge is -2.08. The minimum Gasteiger partial charge on any atom is -0.496 e. The van der Waals surface area contributed by atoms with Crippen molar-refractivity contribution in [3.05, 3.63) is 48.0 Å². The van der Waals surface area contributed by atoms with Crippen LogP contribution >= 0.6 is 12.2 Å². The van der Waals surface area contributed by atoms with Gasteiger partial charge in [-0.15, -0.1) is 0 Å². The van der Waals surface area contributed by atoms with Gasteiger partial charge in [0.25, 0.3) is 0 Å². The molecular weight excluding hydrogens is 284 g/mol. The van der Waals surface area contributed by atoms with Crippen LogP contribution < -0.4 is 16.2 Å². The molecule has 0 unspecified atom stereocenters. The summed E-state index contributed by atoms with van der Waals surface area (Å²) in [6.45, 7) is 1.45. The summed E-state index contributed by atoms with van der Waals surface area (Å²) < 4.78 is 5.40. The van der Waals surface area contributed by atoms with Crippen molar-refractivity contribution < 1.29 is 4.74 Å². The molecule has 0 aliphatic carbocycles. The maximum Gasteiger partial charge on any atom is 0.184 e. The van der Waals surface area contributed by atoms with Gasteiger partial charge < -0.3 is 15.0 Å². The van der Waals surface area contributed by atoms with Crippen LogP contribution in [0.2, 0.25) is 0 Å². The Balaban J connectivity index is 1.44. The summed E-state index contributed by atoms with van der Waals surface area (Å²) >= 11 is 5.17. The number of rotatable bonds is 4. The summed E-state index contributed by atoms with van der Waals surface area (Å²) in [6.07, 6.45) is 3.86. The van der Waals surface area contributed by atoms with Gasteiger partial charge in [-0.05, 0) is 36.2 Å². The van der Waals surface area contributed by atoms with Crippen molar-refractivity contribution >= 4 is 28.2 Å². The van der Waals surface area contributed by atoms with Crippen molar-refractivity contribution in [1.29, 1.82) is 0 Å². The summed E-state index contributed by atoms with van der Waals surface area (Å²) in [7, 11) is 0. The molecule has 0 spiro atoms. The molecule has 4 N–H and O–H groups in total. The molecular formula is C15H18N4OS. The molecule has 1 aliphatic heterocycles. The van der Waals surface area contributed by atoms with Gasteiger partial charge in [0.1, 0.15) is 5.76 Å². The lowest BCUT2D eigenvalue weighted by Crippen LogP contribution is -2.41. The van der Waals surface area contributed by atoms with Crippen LogP contribution in [0.1, 0.15) is 18.5 Å². The number of hydrogen-bond acceptors (Lipinski definition) is 3. The van der Waals surface area contributed by atoms with Crippen molar-refractivity contribution in [3.8, 4) is 0 Å². The van der Waals surface area contributed by atoms with E-state index in [1.54, 1.807) is 0 Å². The average molecular weight is 302 g/mol. The van der Waals surface area contributed by atoms with Gasteiger partial charge in [-0.2, -0.15) is 0 Å². The number of benzene rings is 1. The first kappa shape index (κ1) is 13.9. The van der Waals surface area contributed by atoms with Gasteiger partial charge in [0.2, 0.25) is 0 Å². The molecule has 0 atom stereocenters. The van der Waals surface area contributed by atoms with Crippen molar-refractivity contribution in [2.75, 3.05) is 6.61 Å². The Morgan fingerprint density at radius 2 is 2.29 bits per heavy atom. The number of nitrogens with one attached hydrogen (secondary N) is 4. The summed E-state index contributed by atoms with van der Waals surface area (Å²) in [5.74, 6) is 0.953. The molecule has 0 bridgehead atoms. The Kier molecular flexibility index (Phi) is 4.37. The number of hydrogen-bond donors (Lipinski definition) is 4. The van der Waals surface area contributed by atoms with Crippen LogP contribution in [0.5, 0.6) is 0 Å². The Hall–Kier alpha value is -2.05. The average Bonchev–Trinajstić information content (AvgIpc) is 3.14. The molecule has 1 aromatic heterocycles. The van der Waals surface area contributed by atoms with E-state index in [0.717, 1.165) is 36.4 Å². The van der Waals surface area contributed by atoms with E-state index < -0.39 is 0 Å². The summed E-state index contributed by atoms with van der Waals surface area (Å²) in [5.41, 5.74) is 8.27. The van der Waals surface area contributed by atoms with Gasteiger partial charge in [0.05, 0.1) is 13.2 Å². The Morgan fingerprint density at radius 3 is 3.10 bits per heavy atom. The molecule has 2 heterocycles. The van der Waals surface area contributed by atoms with E-state index in [4.69, 9.17) is 17.0 Å². The molecule has 21 heavy (non-hydrogen) atoms. The van der Waals surface area contributed by atoms with Gasteiger partial charge in [-0.25, -0.2) is 5.43 Å². The second-order valence-corrected chi connectivity index (χ2v) is 5.30. The van der Waals surface area contributed by atoms with E-state index in [1.165, 1.54) is 5.39 Å². The van der Waals surface area contributed by atoms with E-state index in [-0.39, 0.29) is 0 Å². The monoisotopic (exact) mass is 302 g/mol. The highest BCUT2D eigenvalue weighted by Crippen LogP contribution is 2.14. The molecule has 0 saturated carbocycles. The molecule has 0 amide bonds. The Morgan fingerprint density at radius 1 is 1.38 bits per heavy atom. The number of allylic oxidation sites excluding steroid dienone is 1. The molecule has 2 aromatic rings. The van der Waals surface area contributed by atoms with Crippen molar-refractivity contribution in [3.63, 3.8) is 0 Å². The smallest absolute Gasteiger partial charge is 0.184 e. The molecule has 0 radical (unpaired) electrons. The maximum atomic E-state index is 5.40. The van der Waals surface area contributed by atoms with Crippen LogP contribution in [0.4, 0.5) is 0 Å². The van der Waals surface area contributed by atoms with E-state index in [9.17, 15) is 0 Å². The third-order valence-electron chi connectivity index (χ3n) is 3.29. The largest absolute Gasteiger partial charge is 0.496 e. The van der Waals surface area contributed by atoms with Crippen LogP contribution in [0.15, 0.2) is 42.3 Å². The zero-order valence-corrected chi connectivity index (χ0v) is 12.4. The van der Waals surface area contributed by atoms with Gasteiger partial charge in [-0.1, -0.05) is 18.2 Å². The minimum absolute atomic E-state index is 0.522. The minimum atomic E-state index is 0.522. The number of aromatic amines is 1. The molecule has 1 aliphatic rings. The van der Waals surface area contributed by atoms with Crippen LogP contribution in [0, 0.1) is 0 Å². The molecule has 1 saturated heterocycles. The van der Waals surface area contributed by atoms with Gasteiger partial charge in [0.15, 0.2) is 5.11 Å². The number of hydrazine groups is 1. The van der Waals surface area contributed by atoms with Crippen molar-refractivity contribution in [2.45, 2.75) is 19.4 Å². The fourth-order valence-electron chi connectivity index (χ4n) is 2.27. The van der Waals surface area contributed by atoms with Gasteiger partial charge in [0, 0.05) is 23.8 Å². The van der Waals surface area contributed by atoms with E-state index >= 15 is 0 Å². The summed E-state index contributed by atoms with van der Waals surface area (Å²) in [6, 6.07) is 10.3. The number of aromatic nitrogens is 1. The van der Waals surface area contributed by atoms with Crippen LogP contribution in [-0.4, -0.2) is 16.7 Å². The van der Waals surface area contributed by atoms with E-state index in [1.807, 2.05) is 18.3 Å². The quantitative estimate of drug-likeness (QED) is 0.516. The van der Waals surface area contributed by atoms with Crippen LogP contribution in [-0.2, 0) is 11.3 Å². The standard InChI is InChI=1S/C15H18N4OS/c21-15(16-10-13-5-3-7-20-13)19-17-9-12-8-11-4-1-2-6-14(11)18-12/h1-2,4,6,8,10,17-18H,3,5,7,9H2,(H2,16,19,21). The molecule has 1 aromatic carbocycles. The zero-order valence-electron chi connectivity index (χ0n) is 11.6. The first-order valence-electron chi connectivity index (χ1n) is 6.99. The maximum absolute atomic E-state index is 5.40. The SMILES string of the molecule is S=C(NC=C1CCCO1)NNCc1cc2ccccc2[nH]1. The first-order chi connectivity index (χ1) is 10.3.